The normalized spacial score (nSPS) is 12.3. The van der Waals surface area contributed by atoms with Gasteiger partial charge in [-0.15, -0.1) is 0 Å². The summed E-state index contributed by atoms with van der Waals surface area (Å²) in [5.41, 5.74) is 5.64. The van der Waals surface area contributed by atoms with Crippen LogP contribution >= 0.6 is 0 Å². The Hall–Kier alpha value is -3.12. The molecule has 33 heavy (non-hydrogen) atoms. The van der Waals surface area contributed by atoms with Gasteiger partial charge < -0.3 is 5.32 Å². The minimum absolute atomic E-state index is 0.155. The van der Waals surface area contributed by atoms with Crippen molar-refractivity contribution < 1.29 is 13.2 Å². The minimum atomic E-state index is -3.93. The summed E-state index contributed by atoms with van der Waals surface area (Å²) in [7, 11) is -3.93. The molecule has 0 aliphatic carbocycles. The van der Waals surface area contributed by atoms with Crippen molar-refractivity contribution in [3.05, 3.63) is 94.5 Å². The number of aryl methyl sites for hydroxylation is 4. The van der Waals surface area contributed by atoms with Crippen molar-refractivity contribution in [1.82, 2.24) is 5.32 Å². The SMILES string of the molecule is CCc1ccc([C@H](C)NC(=O)CN(c2ccc(C)c(C)c2)S(=O)(=O)c2ccc(C)cc2)cc1. The molecule has 0 aliphatic rings. The van der Waals surface area contributed by atoms with Gasteiger partial charge in [-0.1, -0.05) is 55.0 Å². The van der Waals surface area contributed by atoms with E-state index in [1.54, 1.807) is 36.4 Å². The lowest BCUT2D eigenvalue weighted by atomic mass is 10.1. The molecule has 0 fully saturated rings. The fourth-order valence-electron chi connectivity index (χ4n) is 3.58. The predicted molar refractivity (Wildman–Crippen MR) is 134 cm³/mol. The number of anilines is 1. The number of benzene rings is 3. The van der Waals surface area contributed by atoms with Crippen LogP contribution in [0.2, 0.25) is 0 Å². The first-order valence-electron chi connectivity index (χ1n) is 11.2. The van der Waals surface area contributed by atoms with Gasteiger partial charge in [0.2, 0.25) is 5.91 Å². The van der Waals surface area contributed by atoms with E-state index in [2.05, 4.69) is 12.2 Å². The van der Waals surface area contributed by atoms with Gasteiger partial charge in [0.15, 0.2) is 0 Å². The highest BCUT2D eigenvalue weighted by Gasteiger charge is 2.28. The summed E-state index contributed by atoms with van der Waals surface area (Å²) >= 11 is 0. The Bertz CT molecular complexity index is 1220. The molecule has 5 nitrogen and oxygen atoms in total. The Kier molecular flexibility index (Phi) is 7.59. The van der Waals surface area contributed by atoms with Crippen LogP contribution in [0.25, 0.3) is 0 Å². The maximum Gasteiger partial charge on any atom is 0.264 e. The molecule has 3 aromatic carbocycles. The maximum absolute atomic E-state index is 13.5. The second-order valence-electron chi connectivity index (χ2n) is 8.48. The molecule has 0 aromatic heterocycles. The molecule has 1 atom stereocenters. The van der Waals surface area contributed by atoms with Crippen LogP contribution in [-0.4, -0.2) is 20.9 Å². The van der Waals surface area contributed by atoms with E-state index in [0.717, 1.165) is 28.7 Å². The number of nitrogens with zero attached hydrogens (tertiary/aromatic N) is 1. The standard InChI is InChI=1S/C27H32N2O3S/c1-6-23-10-12-24(13-11-23)22(5)28-27(30)18-29(25-14-9-20(3)21(4)17-25)33(31,32)26-15-7-19(2)8-16-26/h7-17,22H,6,18H2,1-5H3,(H,28,30)/t22-/m0/s1. The van der Waals surface area contributed by atoms with Crippen LogP contribution in [0.3, 0.4) is 0 Å². The van der Waals surface area contributed by atoms with E-state index < -0.39 is 10.0 Å². The van der Waals surface area contributed by atoms with Crippen LogP contribution in [0.1, 0.15) is 47.7 Å². The van der Waals surface area contributed by atoms with Crippen LogP contribution in [0.15, 0.2) is 71.6 Å². The maximum atomic E-state index is 13.5. The van der Waals surface area contributed by atoms with Crippen molar-refractivity contribution in [3.8, 4) is 0 Å². The lowest BCUT2D eigenvalue weighted by Crippen LogP contribution is -2.41. The molecular formula is C27H32N2O3S. The molecule has 174 valence electrons. The molecule has 3 rings (SSSR count). The topological polar surface area (TPSA) is 66.5 Å². The third kappa shape index (κ3) is 5.82. The van der Waals surface area contributed by atoms with Gasteiger partial charge in [-0.2, -0.15) is 0 Å². The van der Waals surface area contributed by atoms with Crippen molar-refractivity contribution in [2.24, 2.45) is 0 Å². The zero-order chi connectivity index (χ0) is 24.2. The lowest BCUT2D eigenvalue weighted by Gasteiger charge is -2.26. The van der Waals surface area contributed by atoms with E-state index in [-0.39, 0.29) is 23.4 Å². The number of amides is 1. The third-order valence-electron chi connectivity index (χ3n) is 5.94. The third-order valence-corrected chi connectivity index (χ3v) is 7.73. The first-order chi connectivity index (χ1) is 15.6. The van der Waals surface area contributed by atoms with Crippen molar-refractivity contribution in [1.29, 1.82) is 0 Å². The largest absolute Gasteiger partial charge is 0.348 e. The van der Waals surface area contributed by atoms with Crippen molar-refractivity contribution in [3.63, 3.8) is 0 Å². The van der Waals surface area contributed by atoms with E-state index in [0.29, 0.717) is 5.69 Å². The van der Waals surface area contributed by atoms with Gasteiger partial charge in [0.1, 0.15) is 6.54 Å². The Morgan fingerprint density at radius 1 is 0.909 bits per heavy atom. The van der Waals surface area contributed by atoms with Crippen LogP contribution < -0.4 is 9.62 Å². The highest BCUT2D eigenvalue weighted by molar-refractivity contribution is 7.92. The number of nitrogens with one attached hydrogen (secondary N) is 1. The number of sulfonamides is 1. The fraction of sp³-hybridized carbons (Fsp3) is 0.296. The summed E-state index contributed by atoms with van der Waals surface area (Å²) < 4.78 is 28.3. The van der Waals surface area contributed by atoms with Gasteiger partial charge in [0.25, 0.3) is 10.0 Å². The Balaban J connectivity index is 1.89. The Labute approximate surface area is 197 Å². The van der Waals surface area contributed by atoms with Crippen LogP contribution in [-0.2, 0) is 21.2 Å². The summed E-state index contributed by atoms with van der Waals surface area (Å²) in [5, 5.41) is 2.95. The molecule has 0 spiro atoms. The molecule has 3 aromatic rings. The van der Waals surface area contributed by atoms with E-state index in [1.807, 2.05) is 58.0 Å². The summed E-state index contributed by atoms with van der Waals surface area (Å²) in [6.07, 6.45) is 0.947. The van der Waals surface area contributed by atoms with E-state index >= 15 is 0 Å². The quantitative estimate of drug-likeness (QED) is 0.495. The highest BCUT2D eigenvalue weighted by atomic mass is 32.2. The van der Waals surface area contributed by atoms with Crippen LogP contribution in [0, 0.1) is 20.8 Å². The second-order valence-corrected chi connectivity index (χ2v) is 10.3. The van der Waals surface area contributed by atoms with E-state index in [9.17, 15) is 13.2 Å². The average molecular weight is 465 g/mol. The summed E-state index contributed by atoms with van der Waals surface area (Å²) in [6.45, 7) is 9.48. The van der Waals surface area contributed by atoms with Crippen molar-refractivity contribution in [2.75, 3.05) is 10.8 Å². The summed E-state index contributed by atoms with van der Waals surface area (Å²) in [5.74, 6) is -0.365. The smallest absolute Gasteiger partial charge is 0.264 e. The average Bonchev–Trinajstić information content (AvgIpc) is 2.79. The lowest BCUT2D eigenvalue weighted by molar-refractivity contribution is -0.120. The fourth-order valence-corrected chi connectivity index (χ4v) is 4.99. The number of hydrogen-bond donors (Lipinski definition) is 1. The van der Waals surface area contributed by atoms with Crippen LogP contribution in [0.4, 0.5) is 5.69 Å². The molecule has 0 bridgehead atoms. The minimum Gasteiger partial charge on any atom is -0.348 e. The molecule has 0 saturated heterocycles. The summed E-state index contributed by atoms with van der Waals surface area (Å²) in [4.78, 5) is 13.2. The van der Waals surface area contributed by atoms with E-state index in [4.69, 9.17) is 0 Å². The first-order valence-corrected chi connectivity index (χ1v) is 12.6. The number of carbonyl (C=O) groups is 1. The molecule has 1 N–H and O–H groups in total. The van der Waals surface area contributed by atoms with Gasteiger partial charge in [0, 0.05) is 0 Å². The Morgan fingerprint density at radius 3 is 2.12 bits per heavy atom. The second kappa shape index (κ2) is 10.2. The number of hydrogen-bond acceptors (Lipinski definition) is 3. The summed E-state index contributed by atoms with van der Waals surface area (Å²) in [6, 6.07) is 19.9. The molecule has 0 radical (unpaired) electrons. The number of carbonyl (C=O) groups excluding carboxylic acids is 1. The van der Waals surface area contributed by atoms with Crippen molar-refractivity contribution >= 4 is 21.6 Å². The van der Waals surface area contributed by atoms with Gasteiger partial charge in [-0.25, -0.2) is 8.42 Å². The molecule has 0 unspecified atom stereocenters. The number of rotatable bonds is 8. The van der Waals surface area contributed by atoms with Gasteiger partial charge in [-0.3, -0.25) is 9.10 Å². The molecule has 1 amide bonds. The molecule has 0 heterocycles. The van der Waals surface area contributed by atoms with Gasteiger partial charge in [0.05, 0.1) is 16.6 Å². The van der Waals surface area contributed by atoms with Crippen molar-refractivity contribution in [2.45, 2.75) is 52.0 Å². The predicted octanol–water partition coefficient (Wildman–Crippen LogP) is 5.25. The highest BCUT2D eigenvalue weighted by Crippen LogP contribution is 2.26. The molecule has 6 heteroatoms. The zero-order valence-electron chi connectivity index (χ0n) is 19.9. The first kappa shape index (κ1) is 24.5. The molecule has 0 aliphatic heterocycles. The van der Waals surface area contributed by atoms with Gasteiger partial charge >= 0.3 is 0 Å². The van der Waals surface area contributed by atoms with Gasteiger partial charge in [-0.05, 0) is 80.6 Å². The molecular weight excluding hydrogens is 432 g/mol. The van der Waals surface area contributed by atoms with E-state index in [1.165, 1.54) is 9.87 Å². The Morgan fingerprint density at radius 2 is 1.55 bits per heavy atom. The van der Waals surface area contributed by atoms with Crippen LogP contribution in [0.5, 0.6) is 0 Å². The monoisotopic (exact) mass is 464 g/mol. The molecule has 0 saturated carbocycles. The zero-order valence-corrected chi connectivity index (χ0v) is 20.7.